The van der Waals surface area contributed by atoms with Gasteiger partial charge >= 0.3 is 11.8 Å². The van der Waals surface area contributed by atoms with Crippen LogP contribution in [0, 0.1) is 11.3 Å². The molecule has 0 bridgehead atoms. The Labute approximate surface area is 239 Å². The Morgan fingerprint density at radius 1 is 1.02 bits per heavy atom. The van der Waals surface area contributed by atoms with E-state index < -0.39 is 18.0 Å². The molecule has 1 atom stereocenters. The van der Waals surface area contributed by atoms with Gasteiger partial charge in [0, 0.05) is 26.1 Å². The maximum atomic E-state index is 13.3. The van der Waals surface area contributed by atoms with E-state index in [9.17, 15) is 24.3 Å². The van der Waals surface area contributed by atoms with Gasteiger partial charge in [-0.05, 0) is 86.3 Å². The molecule has 3 amide bonds. The molecule has 1 unspecified atom stereocenters. The number of imidazole rings is 1. The van der Waals surface area contributed by atoms with Crippen molar-refractivity contribution in [1.82, 2.24) is 19.4 Å². The highest BCUT2D eigenvalue weighted by atomic mass is 16.4. The largest absolute Gasteiger partial charge is 0.465 e. The Balaban J connectivity index is 1.10. The standard InChI is InChI=1S/C32H38N4O5/c1-34-28-23(8-5-9-25(28)36(30(34)39)26-10-11-27(37)33-29(26)38)18-22-19-32(20-22)15-12-24(13-16-32)35(31(40)41)17-14-21-6-3-2-4-7-21/h2-9,22,24,26H,10-20H2,1H3,(H,40,41)(H,33,37,38). The molecule has 2 saturated carbocycles. The van der Waals surface area contributed by atoms with Crippen LogP contribution < -0.4 is 11.0 Å². The van der Waals surface area contributed by atoms with E-state index in [1.54, 1.807) is 21.1 Å². The molecule has 6 rings (SSSR count). The van der Waals surface area contributed by atoms with E-state index in [-0.39, 0.29) is 24.1 Å². The highest BCUT2D eigenvalue weighted by Gasteiger charge is 2.47. The van der Waals surface area contributed by atoms with Crippen molar-refractivity contribution < 1.29 is 19.5 Å². The molecule has 9 heteroatoms. The predicted octanol–water partition coefficient (Wildman–Crippen LogP) is 4.42. The lowest BCUT2D eigenvalue weighted by Crippen LogP contribution is -2.48. The third-order valence-corrected chi connectivity index (χ3v) is 9.85. The summed E-state index contributed by atoms with van der Waals surface area (Å²) in [6.07, 6.45) is 7.49. The van der Waals surface area contributed by atoms with Crippen molar-refractivity contribution in [2.45, 2.75) is 76.3 Å². The fraction of sp³-hybridized carbons (Fsp3) is 0.500. The van der Waals surface area contributed by atoms with Crippen LogP contribution in [-0.2, 0) is 29.5 Å². The first-order chi connectivity index (χ1) is 19.7. The van der Waals surface area contributed by atoms with Gasteiger partial charge in [0.25, 0.3) is 0 Å². The van der Waals surface area contributed by atoms with Gasteiger partial charge in [-0.2, -0.15) is 0 Å². The van der Waals surface area contributed by atoms with Crippen LogP contribution in [-0.4, -0.2) is 49.6 Å². The molecule has 0 radical (unpaired) electrons. The highest BCUT2D eigenvalue weighted by Crippen LogP contribution is 2.56. The smallest absolute Gasteiger partial charge is 0.407 e. The molecule has 2 heterocycles. The van der Waals surface area contributed by atoms with Crippen LogP contribution in [0.25, 0.3) is 11.0 Å². The quantitative estimate of drug-likeness (QED) is 0.417. The van der Waals surface area contributed by atoms with E-state index in [4.69, 9.17) is 0 Å². The van der Waals surface area contributed by atoms with Crippen LogP contribution in [0.1, 0.15) is 68.5 Å². The third-order valence-electron chi connectivity index (χ3n) is 9.85. The van der Waals surface area contributed by atoms with Crippen LogP contribution in [0.4, 0.5) is 4.79 Å². The van der Waals surface area contributed by atoms with Crippen molar-refractivity contribution in [2.24, 2.45) is 18.4 Å². The first-order valence-electron chi connectivity index (χ1n) is 14.8. The second-order valence-electron chi connectivity index (χ2n) is 12.4. The number of aromatic nitrogens is 2. The van der Waals surface area contributed by atoms with Crippen LogP contribution in [0.3, 0.4) is 0 Å². The van der Waals surface area contributed by atoms with Gasteiger partial charge in [0.05, 0.1) is 11.0 Å². The molecule has 2 N–H and O–H groups in total. The van der Waals surface area contributed by atoms with Gasteiger partial charge in [-0.3, -0.25) is 24.0 Å². The van der Waals surface area contributed by atoms with Crippen LogP contribution >= 0.6 is 0 Å². The van der Waals surface area contributed by atoms with Crippen molar-refractivity contribution in [3.8, 4) is 0 Å². The van der Waals surface area contributed by atoms with E-state index in [0.717, 1.165) is 73.5 Å². The zero-order chi connectivity index (χ0) is 28.7. The van der Waals surface area contributed by atoms with E-state index >= 15 is 0 Å². The number of carboxylic acid groups (broad SMARTS) is 1. The van der Waals surface area contributed by atoms with Crippen LogP contribution in [0.2, 0.25) is 0 Å². The summed E-state index contributed by atoms with van der Waals surface area (Å²) in [5.41, 5.74) is 3.93. The monoisotopic (exact) mass is 558 g/mol. The topological polar surface area (TPSA) is 114 Å². The Kier molecular flexibility index (Phi) is 7.21. The van der Waals surface area contributed by atoms with Crippen LogP contribution in [0.15, 0.2) is 53.3 Å². The number of nitrogens with one attached hydrogen (secondary N) is 1. The summed E-state index contributed by atoms with van der Waals surface area (Å²) in [4.78, 5) is 51.2. The number of imide groups is 1. The Bertz CT molecular complexity index is 1520. The van der Waals surface area contributed by atoms with Crippen molar-refractivity contribution in [3.05, 3.63) is 70.1 Å². The van der Waals surface area contributed by atoms with Crippen LogP contribution in [0.5, 0.6) is 0 Å². The number of carbonyl (C=O) groups excluding carboxylic acids is 2. The second kappa shape index (κ2) is 10.8. The molecule has 1 spiro atoms. The molecular formula is C32H38N4O5. The lowest BCUT2D eigenvalue weighted by molar-refractivity contribution is -0.135. The van der Waals surface area contributed by atoms with Gasteiger partial charge in [0.1, 0.15) is 6.04 Å². The molecule has 3 aromatic rings. The summed E-state index contributed by atoms with van der Waals surface area (Å²) < 4.78 is 3.19. The molecule has 1 saturated heterocycles. The number of nitrogens with zero attached hydrogens (tertiary/aromatic N) is 3. The number of para-hydroxylation sites is 1. The molecule has 2 aliphatic carbocycles. The van der Waals surface area contributed by atoms with E-state index in [1.807, 2.05) is 42.5 Å². The van der Waals surface area contributed by atoms with Gasteiger partial charge in [-0.1, -0.05) is 42.5 Å². The van der Waals surface area contributed by atoms with Gasteiger partial charge in [-0.15, -0.1) is 0 Å². The minimum Gasteiger partial charge on any atom is -0.465 e. The molecule has 3 fully saturated rings. The van der Waals surface area contributed by atoms with E-state index in [1.165, 1.54) is 0 Å². The molecule has 41 heavy (non-hydrogen) atoms. The first kappa shape index (κ1) is 27.3. The van der Waals surface area contributed by atoms with Gasteiger partial charge < -0.3 is 10.0 Å². The fourth-order valence-electron chi connectivity index (χ4n) is 7.80. The average molecular weight is 559 g/mol. The number of hydrogen-bond acceptors (Lipinski definition) is 4. The van der Waals surface area contributed by atoms with Gasteiger partial charge in [0.15, 0.2) is 0 Å². The number of hydrogen-bond donors (Lipinski definition) is 2. The number of benzene rings is 2. The number of piperidine rings is 1. The zero-order valence-electron chi connectivity index (χ0n) is 23.6. The highest BCUT2D eigenvalue weighted by molar-refractivity contribution is 6.00. The molecule has 9 nitrogen and oxygen atoms in total. The summed E-state index contributed by atoms with van der Waals surface area (Å²) >= 11 is 0. The van der Waals surface area contributed by atoms with E-state index in [2.05, 4.69) is 11.4 Å². The van der Waals surface area contributed by atoms with Crippen molar-refractivity contribution in [1.29, 1.82) is 0 Å². The lowest BCUT2D eigenvalue weighted by atomic mass is 9.54. The number of fused-ring (bicyclic) bond motifs is 1. The second-order valence-corrected chi connectivity index (χ2v) is 12.4. The summed E-state index contributed by atoms with van der Waals surface area (Å²) in [5, 5.41) is 12.3. The molecule has 3 aliphatic rings. The normalized spacial score (nSPS) is 26.1. The lowest BCUT2D eigenvalue weighted by Gasteiger charge is -2.53. The number of rotatable bonds is 7. The SMILES string of the molecule is Cn1c(=O)n(C2CCC(=O)NC2=O)c2cccc(CC3CC4(CCC(N(CCc5ccccc5)C(=O)O)CC4)C3)c21. The summed E-state index contributed by atoms with van der Waals surface area (Å²) in [6.45, 7) is 0.529. The summed E-state index contributed by atoms with van der Waals surface area (Å²) in [5.74, 6) is -0.199. The van der Waals surface area contributed by atoms with Crippen molar-refractivity contribution >= 4 is 28.9 Å². The Hall–Kier alpha value is -3.88. The Morgan fingerprint density at radius 3 is 2.44 bits per heavy atom. The minimum absolute atomic E-state index is 0.0798. The maximum Gasteiger partial charge on any atom is 0.407 e. The molecule has 1 aliphatic heterocycles. The minimum atomic E-state index is -0.823. The van der Waals surface area contributed by atoms with Crippen molar-refractivity contribution in [3.63, 3.8) is 0 Å². The molecule has 1 aromatic heterocycles. The molecule has 216 valence electrons. The third kappa shape index (κ3) is 5.18. The number of carbonyl (C=O) groups is 3. The Morgan fingerprint density at radius 2 is 1.76 bits per heavy atom. The number of amides is 3. The molecule has 2 aromatic carbocycles. The zero-order valence-corrected chi connectivity index (χ0v) is 23.6. The van der Waals surface area contributed by atoms with Gasteiger partial charge in [-0.25, -0.2) is 9.59 Å². The number of aryl methyl sites for hydroxylation is 1. The summed E-state index contributed by atoms with van der Waals surface area (Å²) in [7, 11) is 1.76. The van der Waals surface area contributed by atoms with E-state index in [0.29, 0.717) is 24.3 Å². The average Bonchev–Trinajstić information content (AvgIpc) is 3.19. The maximum absolute atomic E-state index is 13.3. The molecular weight excluding hydrogens is 520 g/mol. The summed E-state index contributed by atoms with van der Waals surface area (Å²) in [6, 6.07) is 15.4. The fourth-order valence-corrected chi connectivity index (χ4v) is 7.80. The van der Waals surface area contributed by atoms with Gasteiger partial charge in [0.2, 0.25) is 11.8 Å². The first-order valence-corrected chi connectivity index (χ1v) is 14.8. The van der Waals surface area contributed by atoms with Crippen molar-refractivity contribution in [2.75, 3.05) is 6.54 Å². The predicted molar refractivity (Wildman–Crippen MR) is 155 cm³/mol.